The molecule has 0 unspecified atom stereocenters. The summed E-state index contributed by atoms with van der Waals surface area (Å²) in [6.07, 6.45) is 0. The molecule has 0 aliphatic rings. The Kier molecular flexibility index (Phi) is 6.50. The number of carboxylic acids is 1. The smallest absolute Gasteiger partial charge is 0.335 e. The minimum atomic E-state index is -1.05. The Balaban J connectivity index is 1.78. The third-order valence-corrected chi connectivity index (χ3v) is 5.66. The lowest BCUT2D eigenvalue weighted by atomic mass is 9.99. The number of ether oxygens (including phenoxy) is 2. The Hall–Kier alpha value is -4.66. The third-order valence-electron chi connectivity index (χ3n) is 5.66. The summed E-state index contributed by atoms with van der Waals surface area (Å²) in [6.45, 7) is 1.90. The Bertz CT molecular complexity index is 1430. The lowest BCUT2D eigenvalue weighted by Gasteiger charge is -2.16. The molecule has 1 heterocycles. The number of carbonyl (C=O) groups is 2. The van der Waals surface area contributed by atoms with E-state index in [0.717, 1.165) is 16.5 Å². The van der Waals surface area contributed by atoms with E-state index in [-0.39, 0.29) is 11.5 Å². The van der Waals surface area contributed by atoms with Gasteiger partial charge in [0.15, 0.2) is 11.5 Å². The highest BCUT2D eigenvalue weighted by Gasteiger charge is 2.18. The number of amides is 1. The zero-order chi connectivity index (χ0) is 25.1. The van der Waals surface area contributed by atoms with Gasteiger partial charge in [-0.3, -0.25) is 4.79 Å². The van der Waals surface area contributed by atoms with Crippen molar-refractivity contribution in [3.63, 3.8) is 0 Å². The second kappa shape index (κ2) is 9.68. The normalized spacial score (nSPS) is 10.6. The fourth-order valence-electron chi connectivity index (χ4n) is 3.76. The molecule has 1 amide bonds. The summed E-state index contributed by atoms with van der Waals surface area (Å²) in [5, 5.41) is 15.7. The van der Waals surface area contributed by atoms with Gasteiger partial charge in [-0.2, -0.15) is 0 Å². The standard InChI is InChI=1S/C26H24N4O5/c1-14-17(6-5-7-19(14)28-24(31)15-8-10-16(11-9-15)25(32)33)23-18-12-21(34-3)22(35-4)13-20(18)29-26(27-2)30-23/h5-13H,1-4H3,(H,28,31)(H,32,33)(H,27,29,30). The number of hydrogen-bond acceptors (Lipinski definition) is 7. The van der Waals surface area contributed by atoms with Crippen LogP contribution in [0.3, 0.4) is 0 Å². The number of aromatic nitrogens is 2. The molecule has 0 bridgehead atoms. The molecule has 4 rings (SSSR count). The second-order valence-electron chi connectivity index (χ2n) is 7.68. The molecule has 3 aromatic carbocycles. The number of nitrogens with zero attached hydrogens (tertiary/aromatic N) is 2. The molecule has 0 saturated heterocycles. The largest absolute Gasteiger partial charge is 0.493 e. The van der Waals surface area contributed by atoms with Crippen LogP contribution in [-0.2, 0) is 0 Å². The van der Waals surface area contributed by atoms with Crippen LogP contribution in [-0.4, -0.2) is 48.2 Å². The summed E-state index contributed by atoms with van der Waals surface area (Å²) < 4.78 is 10.9. The molecule has 9 nitrogen and oxygen atoms in total. The summed E-state index contributed by atoms with van der Waals surface area (Å²) in [7, 11) is 4.87. The van der Waals surface area contributed by atoms with E-state index in [0.29, 0.717) is 39.9 Å². The highest BCUT2D eigenvalue weighted by molar-refractivity contribution is 6.06. The maximum Gasteiger partial charge on any atom is 0.335 e. The van der Waals surface area contributed by atoms with E-state index >= 15 is 0 Å². The molecule has 0 saturated carbocycles. The highest BCUT2D eigenvalue weighted by Crippen LogP contribution is 2.38. The third kappa shape index (κ3) is 4.56. The van der Waals surface area contributed by atoms with Crippen LogP contribution < -0.4 is 20.1 Å². The van der Waals surface area contributed by atoms with Crippen molar-refractivity contribution in [2.75, 3.05) is 31.9 Å². The monoisotopic (exact) mass is 472 g/mol. The second-order valence-corrected chi connectivity index (χ2v) is 7.68. The van der Waals surface area contributed by atoms with Crippen molar-refractivity contribution in [1.29, 1.82) is 0 Å². The van der Waals surface area contributed by atoms with E-state index in [9.17, 15) is 9.59 Å². The van der Waals surface area contributed by atoms with E-state index in [2.05, 4.69) is 15.6 Å². The first-order chi connectivity index (χ1) is 16.9. The Morgan fingerprint density at radius 1 is 0.914 bits per heavy atom. The molecule has 3 N–H and O–H groups in total. The first kappa shape index (κ1) is 23.5. The average molecular weight is 473 g/mol. The van der Waals surface area contributed by atoms with E-state index < -0.39 is 5.97 Å². The number of carbonyl (C=O) groups excluding carboxylic acids is 1. The first-order valence-corrected chi connectivity index (χ1v) is 10.7. The van der Waals surface area contributed by atoms with Gasteiger partial charge in [-0.15, -0.1) is 0 Å². The molecule has 0 fully saturated rings. The minimum Gasteiger partial charge on any atom is -0.493 e. The maximum absolute atomic E-state index is 12.8. The molecule has 9 heteroatoms. The summed E-state index contributed by atoms with van der Waals surface area (Å²) in [4.78, 5) is 33.2. The molecule has 0 aliphatic heterocycles. The van der Waals surface area contributed by atoms with Crippen LogP contribution in [0.1, 0.15) is 26.3 Å². The van der Waals surface area contributed by atoms with E-state index in [1.807, 2.05) is 25.1 Å². The van der Waals surface area contributed by atoms with Gasteiger partial charge in [0.25, 0.3) is 5.91 Å². The van der Waals surface area contributed by atoms with Gasteiger partial charge >= 0.3 is 5.97 Å². The van der Waals surface area contributed by atoms with E-state index in [1.165, 1.54) is 24.3 Å². The van der Waals surface area contributed by atoms with E-state index in [4.69, 9.17) is 19.6 Å². The van der Waals surface area contributed by atoms with Gasteiger partial charge in [-0.25, -0.2) is 14.8 Å². The number of benzene rings is 3. The van der Waals surface area contributed by atoms with Crippen LogP contribution in [0.25, 0.3) is 22.2 Å². The number of carboxylic acid groups (broad SMARTS) is 1. The molecule has 4 aromatic rings. The number of hydrogen-bond donors (Lipinski definition) is 3. The van der Waals surface area contributed by atoms with Gasteiger partial charge in [0.2, 0.25) is 5.95 Å². The SMILES string of the molecule is CNc1nc(-c2cccc(NC(=O)c3ccc(C(=O)O)cc3)c2C)c2cc(OC)c(OC)cc2n1. The number of rotatable bonds is 7. The van der Waals surface area contributed by atoms with Crippen LogP contribution in [0.5, 0.6) is 11.5 Å². The quantitative estimate of drug-likeness (QED) is 0.356. The van der Waals surface area contributed by atoms with Crippen LogP contribution in [0.2, 0.25) is 0 Å². The highest BCUT2D eigenvalue weighted by atomic mass is 16.5. The molecular weight excluding hydrogens is 448 g/mol. The van der Waals surface area contributed by atoms with Crippen LogP contribution in [0.15, 0.2) is 54.6 Å². The van der Waals surface area contributed by atoms with Crippen LogP contribution >= 0.6 is 0 Å². The Morgan fingerprint density at radius 3 is 2.20 bits per heavy atom. The van der Waals surface area contributed by atoms with Crippen molar-refractivity contribution in [2.24, 2.45) is 0 Å². The number of anilines is 2. The first-order valence-electron chi connectivity index (χ1n) is 10.7. The molecule has 0 aliphatic carbocycles. The summed E-state index contributed by atoms with van der Waals surface area (Å²) in [5.41, 5.74) is 4.02. The zero-order valence-electron chi connectivity index (χ0n) is 19.7. The lowest BCUT2D eigenvalue weighted by Crippen LogP contribution is -2.13. The summed E-state index contributed by atoms with van der Waals surface area (Å²) in [5.74, 6) is 0.143. The van der Waals surface area contributed by atoms with Crippen molar-refractivity contribution in [3.05, 3.63) is 71.3 Å². The molecular formula is C26H24N4O5. The average Bonchev–Trinajstić information content (AvgIpc) is 2.88. The van der Waals surface area contributed by atoms with Gasteiger partial charge < -0.3 is 25.2 Å². The molecule has 0 spiro atoms. The molecule has 0 atom stereocenters. The molecule has 0 radical (unpaired) electrons. The fourth-order valence-corrected chi connectivity index (χ4v) is 3.76. The Morgan fingerprint density at radius 2 is 1.57 bits per heavy atom. The Labute approximate surface area is 201 Å². The topological polar surface area (TPSA) is 123 Å². The van der Waals surface area contributed by atoms with Crippen molar-refractivity contribution < 1.29 is 24.2 Å². The van der Waals surface area contributed by atoms with E-state index in [1.54, 1.807) is 33.4 Å². The predicted molar refractivity (Wildman–Crippen MR) is 134 cm³/mol. The number of methoxy groups -OCH3 is 2. The lowest BCUT2D eigenvalue weighted by molar-refractivity contribution is 0.0696. The van der Waals surface area contributed by atoms with Crippen LogP contribution in [0.4, 0.5) is 11.6 Å². The number of fused-ring (bicyclic) bond motifs is 1. The minimum absolute atomic E-state index is 0.114. The number of nitrogens with one attached hydrogen (secondary N) is 2. The van der Waals surface area contributed by atoms with Crippen LogP contribution in [0, 0.1) is 6.92 Å². The van der Waals surface area contributed by atoms with Gasteiger partial charge in [0.1, 0.15) is 0 Å². The summed E-state index contributed by atoms with van der Waals surface area (Å²) in [6, 6.07) is 14.9. The van der Waals surface area contributed by atoms with Gasteiger partial charge in [0.05, 0.1) is 31.0 Å². The van der Waals surface area contributed by atoms with Gasteiger partial charge in [0, 0.05) is 35.3 Å². The van der Waals surface area contributed by atoms with Crippen molar-refractivity contribution in [1.82, 2.24) is 9.97 Å². The predicted octanol–water partition coefficient (Wildman–Crippen LogP) is 4.61. The number of aromatic carboxylic acids is 1. The molecule has 1 aromatic heterocycles. The van der Waals surface area contributed by atoms with Crippen molar-refractivity contribution in [3.8, 4) is 22.8 Å². The molecule has 35 heavy (non-hydrogen) atoms. The van der Waals surface area contributed by atoms with Crippen molar-refractivity contribution in [2.45, 2.75) is 6.92 Å². The maximum atomic E-state index is 12.8. The molecule has 178 valence electrons. The van der Waals surface area contributed by atoms with Gasteiger partial charge in [-0.1, -0.05) is 12.1 Å². The van der Waals surface area contributed by atoms with Gasteiger partial charge in [-0.05, 0) is 48.9 Å². The van der Waals surface area contributed by atoms with Crippen molar-refractivity contribution >= 4 is 34.4 Å². The fraction of sp³-hybridized carbons (Fsp3) is 0.154. The summed E-state index contributed by atoms with van der Waals surface area (Å²) >= 11 is 0. The zero-order valence-corrected chi connectivity index (χ0v) is 19.7.